The number of sulfonamides is 1. The van der Waals surface area contributed by atoms with Gasteiger partial charge in [-0.05, 0) is 52.0 Å². The highest BCUT2D eigenvalue weighted by molar-refractivity contribution is 9.10. The van der Waals surface area contributed by atoms with E-state index in [4.69, 9.17) is 0 Å². The largest absolute Gasteiger partial charge is 0.359 e. The van der Waals surface area contributed by atoms with Gasteiger partial charge in [0.2, 0.25) is 5.78 Å². The molecular formula is C21H17BrN2O3S2. The second kappa shape index (κ2) is 7.78. The maximum absolute atomic E-state index is 13.4. The first-order valence-electron chi connectivity index (χ1n) is 8.79. The van der Waals surface area contributed by atoms with Gasteiger partial charge in [-0.3, -0.25) is 9.10 Å². The quantitative estimate of drug-likeness (QED) is 0.505. The number of aryl methyl sites for hydroxylation is 1. The third-order valence-electron chi connectivity index (χ3n) is 4.59. The second-order valence-electron chi connectivity index (χ2n) is 6.59. The predicted molar refractivity (Wildman–Crippen MR) is 121 cm³/mol. The molecule has 148 valence electrons. The molecule has 0 bridgehead atoms. The first-order chi connectivity index (χ1) is 13.9. The molecule has 2 heterocycles. The lowest BCUT2D eigenvalue weighted by Crippen LogP contribution is -2.38. The fraction of sp³-hybridized carbons (Fsp3) is 0.0952. The molecule has 1 N–H and O–H groups in total. The lowest BCUT2D eigenvalue weighted by Gasteiger charge is -2.29. The number of nitrogens with one attached hydrogen (secondary N) is 1. The molecule has 4 rings (SSSR count). The Morgan fingerprint density at radius 1 is 1.10 bits per heavy atom. The lowest BCUT2D eigenvalue weighted by atomic mass is 10.1. The number of carbonyl (C=O) groups excluding carboxylic acids is 1. The first kappa shape index (κ1) is 19.9. The molecular weight excluding hydrogens is 472 g/mol. The van der Waals surface area contributed by atoms with Crippen molar-refractivity contribution in [3.05, 3.63) is 91.6 Å². The van der Waals surface area contributed by atoms with Gasteiger partial charge in [0.1, 0.15) is 4.88 Å². The summed E-state index contributed by atoms with van der Waals surface area (Å²) >= 11 is 4.66. The monoisotopic (exact) mass is 488 g/mol. The van der Waals surface area contributed by atoms with Crippen LogP contribution in [-0.2, 0) is 16.6 Å². The van der Waals surface area contributed by atoms with Crippen molar-refractivity contribution in [1.82, 2.24) is 0 Å². The molecule has 2 aromatic carbocycles. The van der Waals surface area contributed by atoms with Gasteiger partial charge in [-0.15, -0.1) is 11.3 Å². The van der Waals surface area contributed by atoms with Crippen LogP contribution in [0.25, 0.3) is 0 Å². The Morgan fingerprint density at radius 3 is 2.55 bits per heavy atom. The Kier molecular flexibility index (Phi) is 5.33. The number of ketones is 1. The summed E-state index contributed by atoms with van der Waals surface area (Å²) in [7, 11) is -4.01. The lowest BCUT2D eigenvalue weighted by molar-refractivity contribution is 0.104. The van der Waals surface area contributed by atoms with E-state index in [-0.39, 0.29) is 11.4 Å². The van der Waals surface area contributed by atoms with Gasteiger partial charge in [-0.1, -0.05) is 42.0 Å². The highest BCUT2D eigenvalue weighted by atomic mass is 79.9. The minimum atomic E-state index is -4.01. The maximum Gasteiger partial charge on any atom is 0.270 e. The average Bonchev–Trinajstić information content (AvgIpc) is 3.17. The van der Waals surface area contributed by atoms with Crippen LogP contribution < -0.4 is 9.62 Å². The van der Waals surface area contributed by atoms with Crippen molar-refractivity contribution in [2.45, 2.75) is 13.5 Å². The molecule has 1 aliphatic heterocycles. The van der Waals surface area contributed by atoms with Crippen LogP contribution in [0.5, 0.6) is 0 Å². The summed E-state index contributed by atoms with van der Waals surface area (Å²) in [5.74, 6) is -0.491. The van der Waals surface area contributed by atoms with E-state index in [0.717, 1.165) is 15.6 Å². The topological polar surface area (TPSA) is 66.5 Å². The zero-order valence-electron chi connectivity index (χ0n) is 15.4. The van der Waals surface area contributed by atoms with E-state index in [9.17, 15) is 13.2 Å². The highest BCUT2D eigenvalue weighted by Gasteiger charge is 2.41. The van der Waals surface area contributed by atoms with Crippen LogP contribution in [-0.4, -0.2) is 14.2 Å². The molecule has 0 amide bonds. The molecule has 0 saturated carbocycles. The Labute approximate surface area is 181 Å². The van der Waals surface area contributed by atoms with Crippen LogP contribution >= 0.6 is 27.3 Å². The Hall–Kier alpha value is -2.42. The van der Waals surface area contributed by atoms with E-state index in [0.29, 0.717) is 16.3 Å². The molecule has 0 spiro atoms. The summed E-state index contributed by atoms with van der Waals surface area (Å²) in [5.41, 5.74) is 3.05. The van der Waals surface area contributed by atoms with E-state index in [2.05, 4.69) is 21.2 Å². The molecule has 1 aromatic heterocycles. The van der Waals surface area contributed by atoms with E-state index in [1.807, 2.05) is 49.4 Å². The van der Waals surface area contributed by atoms with Crippen molar-refractivity contribution in [2.75, 3.05) is 9.62 Å². The number of Topliss-reactive ketones (excluding diaryl/α,β-unsaturated/α-hetero) is 1. The van der Waals surface area contributed by atoms with Gasteiger partial charge in [0, 0.05) is 10.7 Å². The SMILES string of the molecule is Cc1ccc(CN2c3ccsc3C(=O)/C(=C/Nc3ccccc3Br)S2(=O)=O)cc1. The average molecular weight is 489 g/mol. The number of para-hydroxylation sites is 1. The number of nitrogens with zero attached hydrogens (tertiary/aromatic N) is 1. The fourth-order valence-corrected chi connectivity index (χ4v) is 5.92. The van der Waals surface area contributed by atoms with Crippen LogP contribution in [0.1, 0.15) is 20.8 Å². The molecule has 5 nitrogen and oxygen atoms in total. The Balaban J connectivity index is 1.75. The van der Waals surface area contributed by atoms with Gasteiger partial charge in [0.15, 0.2) is 4.91 Å². The number of carbonyl (C=O) groups is 1. The third kappa shape index (κ3) is 3.75. The number of thiophene rings is 1. The third-order valence-corrected chi connectivity index (χ3v) is 7.95. The molecule has 0 fully saturated rings. The minimum Gasteiger partial charge on any atom is -0.359 e. The summed E-state index contributed by atoms with van der Waals surface area (Å²) in [5, 5.41) is 4.69. The summed E-state index contributed by atoms with van der Waals surface area (Å²) < 4.78 is 28.8. The fourth-order valence-electron chi connectivity index (χ4n) is 3.04. The van der Waals surface area contributed by atoms with Crippen molar-refractivity contribution in [2.24, 2.45) is 0 Å². The van der Waals surface area contributed by atoms with Crippen molar-refractivity contribution >= 4 is 54.4 Å². The van der Waals surface area contributed by atoms with Crippen molar-refractivity contribution < 1.29 is 13.2 Å². The minimum absolute atomic E-state index is 0.159. The number of rotatable bonds is 4. The Morgan fingerprint density at radius 2 is 1.83 bits per heavy atom. The first-order valence-corrected chi connectivity index (χ1v) is 11.9. The predicted octanol–water partition coefficient (Wildman–Crippen LogP) is 5.31. The van der Waals surface area contributed by atoms with Gasteiger partial charge in [-0.2, -0.15) is 0 Å². The number of hydrogen-bond acceptors (Lipinski definition) is 5. The maximum atomic E-state index is 13.4. The normalized spacial score (nSPS) is 16.7. The summed E-state index contributed by atoms with van der Waals surface area (Å²) in [4.78, 5) is 13.1. The van der Waals surface area contributed by atoms with E-state index >= 15 is 0 Å². The van der Waals surface area contributed by atoms with E-state index in [1.54, 1.807) is 17.5 Å². The second-order valence-corrected chi connectivity index (χ2v) is 10.2. The number of benzene rings is 2. The smallest absolute Gasteiger partial charge is 0.270 e. The molecule has 3 aromatic rings. The number of hydrogen-bond donors (Lipinski definition) is 1. The Bertz CT molecular complexity index is 1210. The number of fused-ring (bicyclic) bond motifs is 1. The number of halogens is 1. The van der Waals surface area contributed by atoms with Crippen LogP contribution in [0.4, 0.5) is 11.4 Å². The number of allylic oxidation sites excluding steroid dienone is 1. The zero-order chi connectivity index (χ0) is 20.6. The summed E-state index contributed by atoms with van der Waals surface area (Å²) in [6.45, 7) is 2.14. The zero-order valence-corrected chi connectivity index (χ0v) is 18.6. The van der Waals surface area contributed by atoms with Gasteiger partial charge < -0.3 is 5.32 Å². The summed E-state index contributed by atoms with van der Waals surface area (Å²) in [6, 6.07) is 16.7. The highest BCUT2D eigenvalue weighted by Crippen LogP contribution is 2.39. The van der Waals surface area contributed by atoms with Crippen molar-refractivity contribution in [3.8, 4) is 0 Å². The van der Waals surface area contributed by atoms with Crippen LogP contribution in [0, 0.1) is 6.92 Å². The molecule has 0 unspecified atom stereocenters. The molecule has 0 saturated heterocycles. The van der Waals surface area contributed by atoms with E-state index in [1.165, 1.54) is 21.8 Å². The van der Waals surface area contributed by atoms with E-state index < -0.39 is 15.8 Å². The van der Waals surface area contributed by atoms with Gasteiger partial charge in [0.05, 0.1) is 17.9 Å². The van der Waals surface area contributed by atoms with Crippen molar-refractivity contribution in [1.29, 1.82) is 0 Å². The van der Waals surface area contributed by atoms with Crippen LogP contribution in [0.15, 0.2) is 75.6 Å². The van der Waals surface area contributed by atoms with Crippen LogP contribution in [0.2, 0.25) is 0 Å². The standard InChI is InChI=1S/C21H17BrN2O3S2/c1-14-6-8-15(9-7-14)13-24-18-10-11-28-21(18)20(25)19(29(24,26)27)12-23-17-5-3-2-4-16(17)22/h2-12,23H,13H2,1H3/b19-12-. The molecule has 0 atom stereocenters. The molecule has 8 heteroatoms. The van der Waals surface area contributed by atoms with Crippen molar-refractivity contribution in [3.63, 3.8) is 0 Å². The van der Waals surface area contributed by atoms with Gasteiger partial charge in [-0.25, -0.2) is 8.42 Å². The molecule has 29 heavy (non-hydrogen) atoms. The molecule has 0 radical (unpaired) electrons. The van der Waals surface area contributed by atoms with Gasteiger partial charge in [0.25, 0.3) is 10.0 Å². The van der Waals surface area contributed by atoms with Gasteiger partial charge >= 0.3 is 0 Å². The molecule has 0 aliphatic carbocycles. The number of anilines is 2. The molecule has 1 aliphatic rings. The van der Waals surface area contributed by atoms with Crippen LogP contribution in [0.3, 0.4) is 0 Å². The summed E-state index contributed by atoms with van der Waals surface area (Å²) in [6.07, 6.45) is 1.28.